The summed E-state index contributed by atoms with van der Waals surface area (Å²) in [6.45, 7) is 2.28. The summed E-state index contributed by atoms with van der Waals surface area (Å²) in [5.41, 5.74) is 1.78. The van der Waals surface area contributed by atoms with Crippen LogP contribution < -0.4 is 14.2 Å². The van der Waals surface area contributed by atoms with E-state index in [0.717, 1.165) is 5.75 Å². The number of ether oxygens (including phenoxy) is 3. The summed E-state index contributed by atoms with van der Waals surface area (Å²) in [6.07, 6.45) is 1.67. The third kappa shape index (κ3) is 4.52. The Morgan fingerprint density at radius 2 is 1.72 bits per heavy atom. The summed E-state index contributed by atoms with van der Waals surface area (Å²) in [6, 6.07) is 17.5. The van der Waals surface area contributed by atoms with Gasteiger partial charge in [0.05, 0.1) is 6.61 Å². The molecule has 0 atom stereocenters. The lowest BCUT2D eigenvalue weighted by atomic mass is 10.3. The predicted octanol–water partition coefficient (Wildman–Crippen LogP) is 4.27. The fourth-order valence-corrected chi connectivity index (χ4v) is 2.67. The molecule has 29 heavy (non-hydrogen) atoms. The van der Waals surface area contributed by atoms with Crippen molar-refractivity contribution in [2.45, 2.75) is 6.92 Å². The number of aromatic nitrogens is 2. The molecule has 0 fully saturated rings. The molecule has 0 aliphatic rings. The van der Waals surface area contributed by atoms with E-state index in [1.54, 1.807) is 48.7 Å². The van der Waals surface area contributed by atoms with Crippen LogP contribution in [0.1, 0.15) is 6.92 Å². The summed E-state index contributed by atoms with van der Waals surface area (Å²) in [7, 11) is 0. The van der Waals surface area contributed by atoms with Crippen molar-refractivity contribution in [1.29, 1.82) is 0 Å². The number of nitrogens with zero attached hydrogens (tertiary/aromatic N) is 2. The third-order valence-corrected chi connectivity index (χ3v) is 3.97. The van der Waals surface area contributed by atoms with Crippen LogP contribution in [0.4, 0.5) is 0 Å². The molecule has 2 aromatic carbocycles. The average molecular weight is 390 g/mol. The first-order chi connectivity index (χ1) is 14.2. The Hall–Kier alpha value is -3.87. The molecule has 4 aromatic rings. The van der Waals surface area contributed by atoms with Gasteiger partial charge < -0.3 is 18.6 Å². The summed E-state index contributed by atoms with van der Waals surface area (Å²) in [5.74, 6) is 1.52. The molecular weight excluding hydrogens is 372 g/mol. The maximum absolute atomic E-state index is 12.1. The number of oxazole rings is 1. The highest BCUT2D eigenvalue weighted by molar-refractivity contribution is 5.79. The summed E-state index contributed by atoms with van der Waals surface area (Å²) in [4.78, 5) is 20.7. The van der Waals surface area contributed by atoms with E-state index in [9.17, 15) is 4.79 Å². The van der Waals surface area contributed by atoms with Crippen molar-refractivity contribution in [2.75, 3.05) is 13.2 Å². The molecule has 0 unspecified atom stereocenters. The van der Waals surface area contributed by atoms with Crippen LogP contribution in [0.3, 0.4) is 0 Å². The van der Waals surface area contributed by atoms with E-state index in [2.05, 4.69) is 9.97 Å². The normalized spacial score (nSPS) is 10.7. The fourth-order valence-electron chi connectivity index (χ4n) is 2.67. The monoisotopic (exact) mass is 390 g/mol. The number of carbonyl (C=O) groups is 1. The lowest BCUT2D eigenvalue weighted by Crippen LogP contribution is -2.17. The highest BCUT2D eigenvalue weighted by atomic mass is 16.6. The Morgan fingerprint density at radius 1 is 0.966 bits per heavy atom. The smallest absolute Gasteiger partial charge is 0.349 e. The zero-order chi connectivity index (χ0) is 20.1. The van der Waals surface area contributed by atoms with E-state index >= 15 is 0 Å². The minimum atomic E-state index is -0.525. The molecule has 0 aliphatic heterocycles. The van der Waals surface area contributed by atoms with Crippen molar-refractivity contribution in [1.82, 2.24) is 9.97 Å². The van der Waals surface area contributed by atoms with Crippen molar-refractivity contribution < 1.29 is 23.4 Å². The molecule has 2 aromatic heterocycles. The molecule has 7 heteroatoms. The zero-order valence-corrected chi connectivity index (χ0v) is 15.7. The number of hydrogen-bond acceptors (Lipinski definition) is 7. The topological polar surface area (TPSA) is 83.7 Å². The lowest BCUT2D eigenvalue weighted by Gasteiger charge is -2.08. The van der Waals surface area contributed by atoms with Crippen LogP contribution in [-0.2, 0) is 4.79 Å². The molecule has 146 valence electrons. The Labute approximate surface area is 166 Å². The van der Waals surface area contributed by atoms with Crippen LogP contribution in [0, 0.1) is 0 Å². The van der Waals surface area contributed by atoms with E-state index in [-0.39, 0.29) is 6.61 Å². The van der Waals surface area contributed by atoms with Crippen molar-refractivity contribution in [2.24, 2.45) is 0 Å². The molecule has 4 rings (SSSR count). The highest BCUT2D eigenvalue weighted by Gasteiger charge is 2.12. The number of esters is 1. The van der Waals surface area contributed by atoms with Crippen LogP contribution in [0.5, 0.6) is 17.2 Å². The number of fused-ring (bicyclic) bond motifs is 1. The van der Waals surface area contributed by atoms with E-state index < -0.39 is 5.97 Å². The average Bonchev–Trinajstić information content (AvgIpc) is 3.18. The molecule has 0 radical (unpaired) electrons. The van der Waals surface area contributed by atoms with Gasteiger partial charge in [-0.15, -0.1) is 0 Å². The largest absolute Gasteiger partial charge is 0.494 e. The number of carbonyl (C=O) groups excluding carboxylic acids is 1. The molecule has 2 heterocycles. The Bertz CT molecular complexity index is 1110. The first-order valence-corrected chi connectivity index (χ1v) is 9.09. The van der Waals surface area contributed by atoms with Gasteiger partial charge in [-0.2, -0.15) is 0 Å². The molecule has 0 amide bonds. The van der Waals surface area contributed by atoms with Crippen LogP contribution >= 0.6 is 0 Å². The SMILES string of the molecule is CCOc1ccc(OCC(=O)Oc2ccc3nc(-c4ccccn4)oc3c2)cc1. The Balaban J connectivity index is 1.39. The summed E-state index contributed by atoms with van der Waals surface area (Å²) >= 11 is 0. The number of pyridine rings is 1. The van der Waals surface area contributed by atoms with Crippen molar-refractivity contribution in [3.05, 3.63) is 66.9 Å². The Kier molecular flexibility index (Phi) is 5.38. The van der Waals surface area contributed by atoms with Crippen LogP contribution in [-0.4, -0.2) is 29.2 Å². The summed E-state index contributed by atoms with van der Waals surface area (Å²) < 4.78 is 21.9. The number of benzene rings is 2. The second-order valence-corrected chi connectivity index (χ2v) is 6.03. The zero-order valence-electron chi connectivity index (χ0n) is 15.7. The quantitative estimate of drug-likeness (QED) is 0.344. The molecule has 0 aliphatic carbocycles. The van der Waals surface area contributed by atoms with Gasteiger partial charge in [0.2, 0.25) is 5.89 Å². The summed E-state index contributed by atoms with van der Waals surface area (Å²) in [5, 5.41) is 0. The molecule has 0 spiro atoms. The van der Waals surface area contributed by atoms with Gasteiger partial charge in [0.1, 0.15) is 28.5 Å². The molecule has 0 saturated heterocycles. The van der Waals surface area contributed by atoms with Crippen LogP contribution in [0.2, 0.25) is 0 Å². The molecule has 0 bridgehead atoms. The van der Waals surface area contributed by atoms with Gasteiger partial charge in [-0.3, -0.25) is 4.98 Å². The van der Waals surface area contributed by atoms with Gasteiger partial charge in [0, 0.05) is 12.3 Å². The van der Waals surface area contributed by atoms with Crippen molar-refractivity contribution in [3.8, 4) is 28.8 Å². The Morgan fingerprint density at radius 3 is 2.45 bits per heavy atom. The highest BCUT2D eigenvalue weighted by Crippen LogP contribution is 2.26. The minimum Gasteiger partial charge on any atom is -0.494 e. The molecular formula is C22H18N2O5. The molecule has 0 N–H and O–H groups in total. The van der Waals surface area contributed by atoms with E-state index in [1.807, 2.05) is 25.1 Å². The first kappa shape index (κ1) is 18.5. The van der Waals surface area contributed by atoms with Crippen molar-refractivity contribution in [3.63, 3.8) is 0 Å². The maximum Gasteiger partial charge on any atom is 0.349 e. The molecule has 7 nitrogen and oxygen atoms in total. The van der Waals surface area contributed by atoms with Gasteiger partial charge in [-0.25, -0.2) is 9.78 Å². The number of rotatable bonds is 7. The first-order valence-electron chi connectivity index (χ1n) is 9.09. The number of hydrogen-bond donors (Lipinski definition) is 0. The lowest BCUT2D eigenvalue weighted by molar-refractivity contribution is -0.136. The van der Waals surface area contributed by atoms with Gasteiger partial charge in [0.25, 0.3) is 0 Å². The predicted molar refractivity (Wildman–Crippen MR) is 106 cm³/mol. The van der Waals surface area contributed by atoms with Crippen LogP contribution in [0.25, 0.3) is 22.7 Å². The van der Waals surface area contributed by atoms with Gasteiger partial charge in [-0.1, -0.05) is 6.07 Å². The standard InChI is InChI=1S/C22H18N2O5/c1-2-26-15-6-8-16(9-7-15)27-14-21(25)28-17-10-11-18-20(13-17)29-22(24-18)19-5-3-4-12-23-19/h3-13H,2,14H2,1H3. The van der Waals surface area contributed by atoms with Crippen molar-refractivity contribution >= 4 is 17.1 Å². The van der Waals surface area contributed by atoms with E-state index in [0.29, 0.717) is 40.8 Å². The van der Waals surface area contributed by atoms with Gasteiger partial charge in [-0.05, 0) is 55.5 Å². The third-order valence-electron chi connectivity index (χ3n) is 3.97. The van der Waals surface area contributed by atoms with Gasteiger partial charge >= 0.3 is 5.97 Å². The van der Waals surface area contributed by atoms with E-state index in [4.69, 9.17) is 18.6 Å². The minimum absolute atomic E-state index is 0.221. The van der Waals surface area contributed by atoms with Crippen LogP contribution in [0.15, 0.2) is 71.3 Å². The fraction of sp³-hybridized carbons (Fsp3) is 0.136. The van der Waals surface area contributed by atoms with E-state index in [1.165, 1.54) is 0 Å². The van der Waals surface area contributed by atoms with Gasteiger partial charge in [0.15, 0.2) is 12.2 Å². The second kappa shape index (κ2) is 8.43. The maximum atomic E-state index is 12.1. The second-order valence-electron chi connectivity index (χ2n) is 6.03. The molecule has 0 saturated carbocycles.